The highest BCUT2D eigenvalue weighted by Gasteiger charge is 2.29. The summed E-state index contributed by atoms with van der Waals surface area (Å²) in [6, 6.07) is 6.07. The summed E-state index contributed by atoms with van der Waals surface area (Å²) < 4.78 is 55.6. The molecule has 120 valence electrons. The van der Waals surface area contributed by atoms with E-state index in [2.05, 4.69) is 4.72 Å². The van der Waals surface area contributed by atoms with Gasteiger partial charge >= 0.3 is 6.18 Å². The molecule has 0 aliphatic carbocycles. The van der Waals surface area contributed by atoms with Crippen molar-refractivity contribution in [1.29, 1.82) is 0 Å². The van der Waals surface area contributed by atoms with Crippen LogP contribution in [0.4, 0.5) is 13.2 Å². The van der Waals surface area contributed by atoms with Gasteiger partial charge in [0.2, 0.25) is 0 Å². The first-order chi connectivity index (χ1) is 9.49. The van der Waals surface area contributed by atoms with Crippen LogP contribution in [-0.2, 0) is 11.4 Å². The lowest BCUT2D eigenvalue weighted by Gasteiger charge is -2.26. The Kier molecular flexibility index (Phi) is 5.95. The molecule has 2 atom stereocenters. The van der Waals surface area contributed by atoms with Crippen LogP contribution in [0.15, 0.2) is 24.3 Å². The molecule has 1 aromatic rings. The molecule has 21 heavy (non-hydrogen) atoms. The molecular formula is C14H20F3NO2S. The smallest absolute Gasteiger partial charge is 0.422 e. The van der Waals surface area contributed by atoms with Gasteiger partial charge in [-0.05, 0) is 45.4 Å². The summed E-state index contributed by atoms with van der Waals surface area (Å²) in [5.74, 6) is 0.139. The molecule has 3 nitrogen and oxygen atoms in total. The fourth-order valence-electron chi connectivity index (χ4n) is 1.44. The topological polar surface area (TPSA) is 44.3 Å². The van der Waals surface area contributed by atoms with Crippen LogP contribution in [-0.4, -0.2) is 22.1 Å². The van der Waals surface area contributed by atoms with Crippen LogP contribution in [0.3, 0.4) is 0 Å². The molecule has 0 amide bonds. The van der Waals surface area contributed by atoms with Crippen molar-refractivity contribution in [2.45, 2.75) is 44.7 Å². The highest BCUT2D eigenvalue weighted by molar-refractivity contribution is 7.90. The number of hydrogen-bond donors (Lipinski definition) is 1. The second-order valence-electron chi connectivity index (χ2n) is 5.70. The van der Waals surface area contributed by atoms with Gasteiger partial charge in [-0.1, -0.05) is 12.1 Å². The Morgan fingerprint density at radius 1 is 1.29 bits per heavy atom. The number of nitrogens with one attached hydrogen (secondary N) is 1. The van der Waals surface area contributed by atoms with E-state index in [1.54, 1.807) is 19.1 Å². The standard InChI is InChI=1S/C14H20F3NO2S/c1-10(18-21(19)13(2,3)4)11-6-5-7-12(8-11)20-9-14(15,16)17/h5-8,10,18H,9H2,1-4H3/t10-,21?/m1/s1. The zero-order valence-corrected chi connectivity index (χ0v) is 13.3. The van der Waals surface area contributed by atoms with Crippen molar-refractivity contribution in [3.8, 4) is 5.75 Å². The number of benzene rings is 1. The maximum atomic E-state index is 12.1. The second kappa shape index (κ2) is 6.89. The van der Waals surface area contributed by atoms with Crippen molar-refractivity contribution in [3.63, 3.8) is 0 Å². The van der Waals surface area contributed by atoms with Gasteiger partial charge in [0.25, 0.3) is 0 Å². The number of hydrogen-bond acceptors (Lipinski definition) is 3. The quantitative estimate of drug-likeness (QED) is 0.840. The van der Waals surface area contributed by atoms with Crippen molar-refractivity contribution in [2.24, 2.45) is 0 Å². The summed E-state index contributed by atoms with van der Waals surface area (Å²) in [6.45, 7) is 5.99. The van der Waals surface area contributed by atoms with Gasteiger partial charge in [0, 0.05) is 11.4 Å². The number of ether oxygens (including phenoxy) is 1. The Morgan fingerprint density at radius 3 is 2.43 bits per heavy atom. The molecule has 0 saturated heterocycles. The lowest BCUT2D eigenvalue weighted by Crippen LogP contribution is -2.40. The first kappa shape index (κ1) is 18.1. The minimum absolute atomic E-state index is 0.139. The molecule has 1 aromatic carbocycles. The summed E-state index contributed by atoms with van der Waals surface area (Å²) in [4.78, 5) is 0. The van der Waals surface area contributed by atoms with Gasteiger partial charge in [-0.15, -0.1) is 4.72 Å². The SMILES string of the molecule is C[C@@H](N[S+]([O-])C(C)(C)C)c1cccc(OCC(F)(F)F)c1. The predicted octanol–water partition coefficient (Wildman–Crippen LogP) is 3.74. The Bertz CT molecular complexity index is 460. The minimum atomic E-state index is -4.37. The highest BCUT2D eigenvalue weighted by atomic mass is 32.2. The lowest BCUT2D eigenvalue weighted by molar-refractivity contribution is -0.153. The van der Waals surface area contributed by atoms with Gasteiger partial charge in [0.05, 0.1) is 6.04 Å². The van der Waals surface area contributed by atoms with Gasteiger partial charge in [-0.25, -0.2) is 0 Å². The third-order valence-electron chi connectivity index (χ3n) is 2.60. The molecule has 1 rings (SSSR count). The second-order valence-corrected chi connectivity index (χ2v) is 7.69. The average molecular weight is 323 g/mol. The minimum Gasteiger partial charge on any atom is -0.598 e. The van der Waals surface area contributed by atoms with E-state index in [0.717, 1.165) is 0 Å². The van der Waals surface area contributed by atoms with E-state index in [1.807, 2.05) is 20.8 Å². The van der Waals surface area contributed by atoms with Gasteiger partial charge in [0.15, 0.2) is 6.61 Å². The molecule has 0 saturated carbocycles. The first-order valence-corrected chi connectivity index (χ1v) is 7.61. The fraction of sp³-hybridized carbons (Fsp3) is 0.571. The molecule has 1 N–H and O–H groups in total. The zero-order chi connectivity index (χ0) is 16.3. The number of halogens is 3. The van der Waals surface area contributed by atoms with Crippen molar-refractivity contribution >= 4 is 11.4 Å². The normalized spacial score (nSPS) is 15.6. The van der Waals surface area contributed by atoms with Crippen molar-refractivity contribution < 1.29 is 22.5 Å². The summed E-state index contributed by atoms with van der Waals surface area (Å²) in [7, 11) is 0. The van der Waals surface area contributed by atoms with E-state index in [9.17, 15) is 17.7 Å². The van der Waals surface area contributed by atoms with Crippen LogP contribution in [0.1, 0.15) is 39.3 Å². The molecule has 0 bridgehead atoms. The van der Waals surface area contributed by atoms with E-state index in [0.29, 0.717) is 5.56 Å². The summed E-state index contributed by atoms with van der Waals surface area (Å²) in [5.41, 5.74) is 0.715. The van der Waals surface area contributed by atoms with Gasteiger partial charge in [0.1, 0.15) is 10.5 Å². The molecule has 0 spiro atoms. The van der Waals surface area contributed by atoms with E-state index in [1.165, 1.54) is 12.1 Å². The first-order valence-electron chi connectivity index (χ1n) is 6.46. The third kappa shape index (κ3) is 6.58. The molecule has 7 heteroatoms. The van der Waals surface area contributed by atoms with Crippen LogP contribution >= 0.6 is 0 Å². The van der Waals surface area contributed by atoms with E-state index in [4.69, 9.17) is 4.74 Å². The Morgan fingerprint density at radius 2 is 1.90 bits per heavy atom. The van der Waals surface area contributed by atoms with Crippen LogP contribution in [0.25, 0.3) is 0 Å². The largest absolute Gasteiger partial charge is 0.598 e. The Balaban J connectivity index is 2.71. The maximum absolute atomic E-state index is 12.1. The van der Waals surface area contributed by atoms with Crippen molar-refractivity contribution in [1.82, 2.24) is 4.72 Å². The molecule has 0 fully saturated rings. The van der Waals surface area contributed by atoms with Crippen molar-refractivity contribution in [2.75, 3.05) is 6.61 Å². The van der Waals surface area contributed by atoms with Crippen LogP contribution in [0.2, 0.25) is 0 Å². The Labute approximate surface area is 126 Å². The van der Waals surface area contributed by atoms with Crippen LogP contribution in [0, 0.1) is 0 Å². The van der Waals surface area contributed by atoms with Gasteiger partial charge in [-0.3, -0.25) is 0 Å². The summed E-state index contributed by atoms with van der Waals surface area (Å²) >= 11 is -1.26. The van der Waals surface area contributed by atoms with E-state index >= 15 is 0 Å². The molecular weight excluding hydrogens is 303 g/mol. The molecule has 0 aliphatic heterocycles. The number of rotatable bonds is 5. The molecule has 0 heterocycles. The molecule has 0 aliphatic rings. The molecule has 1 unspecified atom stereocenters. The maximum Gasteiger partial charge on any atom is 0.422 e. The average Bonchev–Trinajstić information content (AvgIpc) is 2.34. The van der Waals surface area contributed by atoms with Crippen LogP contribution < -0.4 is 9.46 Å². The Hall–Kier alpha value is -0.920. The monoisotopic (exact) mass is 323 g/mol. The highest BCUT2D eigenvalue weighted by Crippen LogP contribution is 2.24. The number of alkyl halides is 3. The van der Waals surface area contributed by atoms with Crippen LogP contribution in [0.5, 0.6) is 5.75 Å². The molecule has 0 aromatic heterocycles. The van der Waals surface area contributed by atoms with E-state index < -0.39 is 28.9 Å². The van der Waals surface area contributed by atoms with Crippen molar-refractivity contribution in [3.05, 3.63) is 29.8 Å². The fourth-order valence-corrected chi connectivity index (χ4v) is 2.25. The van der Waals surface area contributed by atoms with Gasteiger partial charge < -0.3 is 9.29 Å². The zero-order valence-electron chi connectivity index (χ0n) is 12.5. The molecule has 0 radical (unpaired) electrons. The predicted molar refractivity (Wildman–Crippen MR) is 77.4 cm³/mol. The summed E-state index contributed by atoms with van der Waals surface area (Å²) in [6.07, 6.45) is -4.37. The third-order valence-corrected chi connectivity index (χ3v) is 4.28. The van der Waals surface area contributed by atoms with E-state index in [-0.39, 0.29) is 11.8 Å². The summed E-state index contributed by atoms with van der Waals surface area (Å²) in [5, 5.41) is 0. The lowest BCUT2D eigenvalue weighted by atomic mass is 10.1. The van der Waals surface area contributed by atoms with Gasteiger partial charge in [-0.2, -0.15) is 13.2 Å².